The lowest BCUT2D eigenvalue weighted by Crippen LogP contribution is -2.54. The van der Waals surface area contributed by atoms with Crippen molar-refractivity contribution in [1.29, 1.82) is 0 Å². The number of primary amides is 1. The van der Waals surface area contributed by atoms with Gasteiger partial charge in [-0.1, -0.05) is 30.3 Å². The van der Waals surface area contributed by atoms with Crippen LogP contribution in [0.15, 0.2) is 30.3 Å². The zero-order chi connectivity index (χ0) is 24.8. The van der Waals surface area contributed by atoms with E-state index in [0.29, 0.717) is 5.56 Å². The molecule has 0 bridgehead atoms. The SMILES string of the molecule is CC(C)NC(=O)C(c1ccccc1)N(C(=O)C(CCC(N)=O)NC(=O)OC(C)(C)C)C1CC1. The molecule has 9 heteroatoms. The molecule has 0 radical (unpaired) electrons. The highest BCUT2D eigenvalue weighted by Gasteiger charge is 2.44. The monoisotopic (exact) mass is 460 g/mol. The lowest BCUT2D eigenvalue weighted by Gasteiger charge is -2.35. The van der Waals surface area contributed by atoms with Crippen molar-refractivity contribution in [2.45, 2.75) is 90.1 Å². The van der Waals surface area contributed by atoms with Crippen molar-refractivity contribution in [2.75, 3.05) is 0 Å². The van der Waals surface area contributed by atoms with Crippen LogP contribution in [-0.2, 0) is 19.1 Å². The van der Waals surface area contributed by atoms with Crippen molar-refractivity contribution < 1.29 is 23.9 Å². The summed E-state index contributed by atoms with van der Waals surface area (Å²) in [5.41, 5.74) is 5.21. The summed E-state index contributed by atoms with van der Waals surface area (Å²) in [6.45, 7) is 8.84. The second kappa shape index (κ2) is 11.2. The number of nitrogens with one attached hydrogen (secondary N) is 2. The van der Waals surface area contributed by atoms with Crippen LogP contribution in [0.5, 0.6) is 0 Å². The topological polar surface area (TPSA) is 131 Å². The van der Waals surface area contributed by atoms with Gasteiger partial charge in [0.25, 0.3) is 0 Å². The van der Waals surface area contributed by atoms with Crippen LogP contribution in [0.3, 0.4) is 0 Å². The van der Waals surface area contributed by atoms with Crippen LogP contribution >= 0.6 is 0 Å². The summed E-state index contributed by atoms with van der Waals surface area (Å²) >= 11 is 0. The number of hydrogen-bond acceptors (Lipinski definition) is 5. The Kier molecular flexibility index (Phi) is 8.84. The summed E-state index contributed by atoms with van der Waals surface area (Å²) in [6.07, 6.45) is 0.630. The van der Waals surface area contributed by atoms with E-state index in [-0.39, 0.29) is 30.8 Å². The smallest absolute Gasteiger partial charge is 0.408 e. The van der Waals surface area contributed by atoms with Gasteiger partial charge in [-0.25, -0.2) is 4.79 Å². The molecule has 0 heterocycles. The fraction of sp³-hybridized carbons (Fsp3) is 0.583. The molecule has 1 aliphatic rings. The largest absolute Gasteiger partial charge is 0.444 e. The highest BCUT2D eigenvalue weighted by Crippen LogP contribution is 2.36. The molecular formula is C24H36N4O5. The van der Waals surface area contributed by atoms with Gasteiger partial charge in [0.1, 0.15) is 17.7 Å². The molecule has 33 heavy (non-hydrogen) atoms. The Bertz CT molecular complexity index is 846. The summed E-state index contributed by atoms with van der Waals surface area (Å²) in [7, 11) is 0. The maximum atomic E-state index is 13.8. The number of carbonyl (C=O) groups is 4. The molecule has 2 rings (SSSR count). The van der Waals surface area contributed by atoms with E-state index in [1.165, 1.54) is 4.90 Å². The fourth-order valence-corrected chi connectivity index (χ4v) is 3.48. The maximum Gasteiger partial charge on any atom is 0.408 e. The van der Waals surface area contributed by atoms with E-state index in [0.717, 1.165) is 12.8 Å². The molecule has 0 aliphatic heterocycles. The van der Waals surface area contributed by atoms with E-state index >= 15 is 0 Å². The first-order valence-electron chi connectivity index (χ1n) is 11.3. The van der Waals surface area contributed by atoms with Gasteiger partial charge in [-0.15, -0.1) is 0 Å². The molecule has 2 unspecified atom stereocenters. The predicted molar refractivity (Wildman–Crippen MR) is 124 cm³/mol. The maximum absolute atomic E-state index is 13.8. The van der Waals surface area contributed by atoms with Gasteiger partial charge in [0.2, 0.25) is 17.7 Å². The Morgan fingerprint density at radius 1 is 1.09 bits per heavy atom. The molecule has 1 aromatic rings. The van der Waals surface area contributed by atoms with Gasteiger partial charge in [0.05, 0.1) is 0 Å². The van der Waals surface area contributed by atoms with Crippen LogP contribution in [0, 0.1) is 0 Å². The second-order valence-electron chi connectivity index (χ2n) is 9.66. The Balaban J connectivity index is 2.39. The zero-order valence-electron chi connectivity index (χ0n) is 20.1. The van der Waals surface area contributed by atoms with Crippen LogP contribution in [0.25, 0.3) is 0 Å². The standard InChI is InChI=1S/C24H36N4O5/c1-15(2)26-21(30)20(16-9-7-6-8-10-16)28(17-11-12-17)22(31)18(13-14-19(25)29)27-23(32)33-24(3,4)5/h6-10,15,17-18,20H,11-14H2,1-5H3,(H2,25,29)(H,26,30)(H,27,32). The summed E-state index contributed by atoms with van der Waals surface area (Å²) in [6, 6.07) is 6.86. The molecule has 9 nitrogen and oxygen atoms in total. The number of benzene rings is 1. The van der Waals surface area contributed by atoms with Gasteiger partial charge in [0.15, 0.2) is 0 Å². The van der Waals surface area contributed by atoms with Crippen molar-refractivity contribution in [2.24, 2.45) is 5.73 Å². The second-order valence-corrected chi connectivity index (χ2v) is 9.66. The Hall–Kier alpha value is -3.10. The van der Waals surface area contributed by atoms with Crippen molar-refractivity contribution >= 4 is 23.8 Å². The summed E-state index contributed by atoms with van der Waals surface area (Å²) in [5.74, 6) is -1.34. The molecular weight excluding hydrogens is 424 g/mol. The quantitative estimate of drug-likeness (QED) is 0.493. The minimum absolute atomic E-state index is 0.00391. The minimum Gasteiger partial charge on any atom is -0.444 e. The van der Waals surface area contributed by atoms with Crippen LogP contribution in [0.4, 0.5) is 4.79 Å². The highest BCUT2D eigenvalue weighted by molar-refractivity contribution is 5.93. The predicted octanol–water partition coefficient (Wildman–Crippen LogP) is 2.40. The number of nitrogens with two attached hydrogens (primary N) is 1. The third kappa shape index (κ3) is 8.40. The fourth-order valence-electron chi connectivity index (χ4n) is 3.48. The number of alkyl carbamates (subject to hydrolysis) is 1. The number of amides is 4. The molecule has 0 saturated heterocycles. The zero-order valence-corrected chi connectivity index (χ0v) is 20.1. The summed E-state index contributed by atoms with van der Waals surface area (Å²) < 4.78 is 5.31. The summed E-state index contributed by atoms with van der Waals surface area (Å²) in [5, 5.41) is 5.49. The van der Waals surface area contributed by atoms with Gasteiger partial charge in [0, 0.05) is 18.5 Å². The first kappa shape index (κ1) is 26.2. The lowest BCUT2D eigenvalue weighted by molar-refractivity contribution is -0.143. The Morgan fingerprint density at radius 2 is 1.70 bits per heavy atom. The number of nitrogens with zero attached hydrogens (tertiary/aromatic N) is 1. The van der Waals surface area contributed by atoms with E-state index in [4.69, 9.17) is 10.5 Å². The van der Waals surface area contributed by atoms with Crippen molar-refractivity contribution in [3.8, 4) is 0 Å². The first-order valence-corrected chi connectivity index (χ1v) is 11.3. The number of carbonyl (C=O) groups excluding carboxylic acids is 4. The third-order valence-electron chi connectivity index (χ3n) is 4.94. The Labute approximate surface area is 195 Å². The Morgan fingerprint density at radius 3 is 2.18 bits per heavy atom. The average molecular weight is 461 g/mol. The third-order valence-corrected chi connectivity index (χ3v) is 4.94. The van der Waals surface area contributed by atoms with Crippen molar-refractivity contribution in [3.63, 3.8) is 0 Å². The normalized spacial score (nSPS) is 15.3. The molecule has 4 N–H and O–H groups in total. The van der Waals surface area contributed by atoms with Crippen LogP contribution in [-0.4, -0.2) is 52.4 Å². The van der Waals surface area contributed by atoms with Gasteiger partial charge >= 0.3 is 6.09 Å². The number of ether oxygens (including phenoxy) is 1. The number of hydrogen-bond donors (Lipinski definition) is 3. The molecule has 1 saturated carbocycles. The molecule has 1 aromatic carbocycles. The van der Waals surface area contributed by atoms with Gasteiger partial charge in [-0.05, 0) is 59.4 Å². The molecule has 1 aliphatic carbocycles. The van der Waals surface area contributed by atoms with Crippen LogP contribution < -0.4 is 16.4 Å². The van der Waals surface area contributed by atoms with Crippen molar-refractivity contribution in [1.82, 2.24) is 15.5 Å². The molecule has 4 amide bonds. The van der Waals surface area contributed by atoms with E-state index in [2.05, 4.69) is 10.6 Å². The first-order chi connectivity index (χ1) is 15.4. The van der Waals surface area contributed by atoms with Crippen LogP contribution in [0.1, 0.15) is 71.9 Å². The minimum atomic E-state index is -1.06. The number of rotatable bonds is 10. The average Bonchev–Trinajstić information content (AvgIpc) is 3.52. The highest BCUT2D eigenvalue weighted by atomic mass is 16.6. The van der Waals surface area contributed by atoms with E-state index in [9.17, 15) is 19.2 Å². The van der Waals surface area contributed by atoms with E-state index in [1.807, 2.05) is 32.0 Å². The van der Waals surface area contributed by atoms with E-state index in [1.54, 1.807) is 32.9 Å². The molecule has 1 fully saturated rings. The van der Waals surface area contributed by atoms with Gasteiger partial charge in [-0.2, -0.15) is 0 Å². The molecule has 182 valence electrons. The molecule has 2 atom stereocenters. The van der Waals surface area contributed by atoms with Gasteiger partial charge in [-0.3, -0.25) is 14.4 Å². The van der Waals surface area contributed by atoms with Crippen molar-refractivity contribution in [3.05, 3.63) is 35.9 Å². The van der Waals surface area contributed by atoms with E-state index < -0.39 is 35.6 Å². The van der Waals surface area contributed by atoms with Gasteiger partial charge < -0.3 is 26.0 Å². The lowest BCUT2D eigenvalue weighted by atomic mass is 10.0. The molecule has 0 aromatic heterocycles. The summed E-state index contributed by atoms with van der Waals surface area (Å²) in [4.78, 5) is 52.4. The van der Waals surface area contributed by atoms with Crippen LogP contribution in [0.2, 0.25) is 0 Å². The molecule has 0 spiro atoms.